The smallest absolute Gasteiger partial charge is 0.158 e. The van der Waals surface area contributed by atoms with E-state index in [1.165, 1.54) is 51.4 Å². The summed E-state index contributed by atoms with van der Waals surface area (Å²) < 4.78 is 0. The van der Waals surface area contributed by atoms with Gasteiger partial charge in [0.15, 0.2) is 5.78 Å². The van der Waals surface area contributed by atoms with E-state index in [2.05, 4.69) is 13.8 Å². The minimum Gasteiger partial charge on any atom is -0.404 e. The first-order chi connectivity index (χ1) is 15.8. The molecule has 0 aromatic carbocycles. The second-order valence-corrected chi connectivity index (χ2v) is 13.3. The molecule has 6 fully saturated rings. The third-order valence-corrected chi connectivity index (χ3v) is 11.5. The fourth-order valence-corrected chi connectivity index (χ4v) is 10.2. The van der Waals surface area contributed by atoms with Crippen molar-refractivity contribution in [1.29, 1.82) is 0 Å². The summed E-state index contributed by atoms with van der Waals surface area (Å²) in [5, 5.41) is 10.7. The molecule has 6 rings (SSSR count). The lowest BCUT2D eigenvalue weighted by Crippen LogP contribution is -2.52. The Morgan fingerprint density at radius 2 is 1.82 bits per heavy atom. The average molecular weight is 453 g/mol. The van der Waals surface area contributed by atoms with E-state index < -0.39 is 5.60 Å². The van der Waals surface area contributed by atoms with Crippen molar-refractivity contribution >= 4 is 11.5 Å². The SMILES string of the molecule is C[C@@]1(O)CC[C@H]2[C@H](CC[C@@H]3[C@@H]2CC[C@@]2(C)[C@H]3[C@@H]3C[C@@H]3[C@@H]2C(=O)CN=C2CCCCC2=CN)C1. The van der Waals surface area contributed by atoms with Crippen LogP contribution in [0.4, 0.5) is 0 Å². The fourth-order valence-electron chi connectivity index (χ4n) is 10.2. The number of rotatable bonds is 3. The van der Waals surface area contributed by atoms with Gasteiger partial charge in [0.1, 0.15) is 0 Å². The van der Waals surface area contributed by atoms with Crippen molar-refractivity contribution in [2.24, 2.45) is 63.5 Å². The lowest BCUT2D eigenvalue weighted by atomic mass is 9.48. The van der Waals surface area contributed by atoms with Gasteiger partial charge in [0.25, 0.3) is 0 Å². The van der Waals surface area contributed by atoms with Gasteiger partial charge in [0.05, 0.1) is 12.1 Å². The van der Waals surface area contributed by atoms with Gasteiger partial charge in [0, 0.05) is 11.6 Å². The van der Waals surface area contributed by atoms with Gasteiger partial charge in [-0.3, -0.25) is 9.79 Å². The fraction of sp³-hybridized carbons (Fsp3) is 0.862. The molecule has 0 radical (unpaired) electrons. The maximum absolute atomic E-state index is 13.7. The summed E-state index contributed by atoms with van der Waals surface area (Å²) in [6.07, 6.45) is 15.7. The minimum absolute atomic E-state index is 0.193. The molecule has 0 amide bonds. The number of hydrogen-bond acceptors (Lipinski definition) is 4. The molecule has 3 N–H and O–H groups in total. The number of aliphatic imine (C=N–C) groups is 1. The monoisotopic (exact) mass is 452 g/mol. The molecular formula is C29H44N2O2. The number of aliphatic hydroxyl groups is 1. The predicted octanol–water partition coefficient (Wildman–Crippen LogP) is 5.29. The molecule has 6 aliphatic rings. The molecule has 182 valence electrons. The molecular weight excluding hydrogens is 408 g/mol. The highest BCUT2D eigenvalue weighted by Crippen LogP contribution is 2.74. The first-order valence-electron chi connectivity index (χ1n) is 14.0. The molecule has 0 heterocycles. The number of allylic oxidation sites excluding steroid dienone is 1. The molecule has 0 saturated heterocycles. The summed E-state index contributed by atoms with van der Waals surface area (Å²) in [6, 6.07) is 0. The van der Waals surface area contributed by atoms with Gasteiger partial charge in [-0.25, -0.2) is 0 Å². The Morgan fingerprint density at radius 3 is 2.64 bits per heavy atom. The number of Topliss-reactive ketones (excluding diaryl/α,β-unsaturated/α-hetero) is 1. The van der Waals surface area contributed by atoms with Gasteiger partial charge in [-0.1, -0.05) is 6.92 Å². The molecule has 4 heteroatoms. The van der Waals surface area contributed by atoms with Crippen molar-refractivity contribution in [2.45, 2.75) is 96.5 Å². The second-order valence-electron chi connectivity index (χ2n) is 13.3. The van der Waals surface area contributed by atoms with E-state index in [1.807, 2.05) is 0 Å². The van der Waals surface area contributed by atoms with Crippen molar-refractivity contribution in [2.75, 3.05) is 6.54 Å². The Bertz CT molecular complexity index is 875. The van der Waals surface area contributed by atoms with E-state index in [9.17, 15) is 9.90 Å². The van der Waals surface area contributed by atoms with Gasteiger partial charge < -0.3 is 10.8 Å². The number of nitrogens with two attached hydrogens (primary N) is 1. The van der Waals surface area contributed by atoms with E-state index in [0.717, 1.165) is 72.5 Å². The molecule has 0 aliphatic heterocycles. The lowest BCUT2D eigenvalue weighted by Gasteiger charge is -2.57. The zero-order valence-corrected chi connectivity index (χ0v) is 20.8. The summed E-state index contributed by atoms with van der Waals surface area (Å²) in [5.74, 6) is 6.03. The first-order valence-corrected chi connectivity index (χ1v) is 14.0. The molecule has 6 saturated carbocycles. The number of nitrogens with zero attached hydrogens (tertiary/aromatic N) is 1. The Hall–Kier alpha value is -1.16. The number of hydrogen-bond donors (Lipinski definition) is 2. The number of carbonyl (C=O) groups excluding carboxylic acids is 1. The first kappa shape index (κ1) is 22.3. The van der Waals surface area contributed by atoms with Crippen LogP contribution in [-0.4, -0.2) is 28.7 Å². The second kappa shape index (κ2) is 7.93. The third kappa shape index (κ3) is 3.56. The van der Waals surface area contributed by atoms with Crippen molar-refractivity contribution < 1.29 is 9.90 Å². The van der Waals surface area contributed by atoms with Gasteiger partial charge in [-0.2, -0.15) is 0 Å². The summed E-state index contributed by atoms with van der Waals surface area (Å²) in [6.45, 7) is 4.91. The summed E-state index contributed by atoms with van der Waals surface area (Å²) in [7, 11) is 0. The van der Waals surface area contributed by atoms with Crippen LogP contribution in [0.15, 0.2) is 16.8 Å². The van der Waals surface area contributed by atoms with Crippen molar-refractivity contribution in [3.05, 3.63) is 11.8 Å². The zero-order chi connectivity index (χ0) is 23.0. The van der Waals surface area contributed by atoms with Gasteiger partial charge in [-0.15, -0.1) is 0 Å². The predicted molar refractivity (Wildman–Crippen MR) is 132 cm³/mol. The normalized spacial score (nSPS) is 53.2. The van der Waals surface area contributed by atoms with E-state index in [-0.39, 0.29) is 11.3 Å². The molecule has 0 bridgehead atoms. The molecule has 0 spiro atoms. The Balaban J connectivity index is 1.19. The Kier molecular flexibility index (Phi) is 5.36. The summed E-state index contributed by atoms with van der Waals surface area (Å²) in [5.41, 5.74) is 7.85. The van der Waals surface area contributed by atoms with E-state index in [4.69, 9.17) is 10.7 Å². The Morgan fingerprint density at radius 1 is 1.03 bits per heavy atom. The Labute approximate surface area is 199 Å². The van der Waals surface area contributed by atoms with Crippen molar-refractivity contribution in [3.8, 4) is 0 Å². The molecule has 0 aromatic rings. The van der Waals surface area contributed by atoms with Gasteiger partial charge in [0.2, 0.25) is 0 Å². The van der Waals surface area contributed by atoms with Crippen LogP contribution in [-0.2, 0) is 4.79 Å². The number of carbonyl (C=O) groups is 1. The zero-order valence-electron chi connectivity index (χ0n) is 20.8. The van der Waals surface area contributed by atoms with Gasteiger partial charge >= 0.3 is 0 Å². The largest absolute Gasteiger partial charge is 0.404 e. The van der Waals surface area contributed by atoms with Crippen LogP contribution < -0.4 is 5.73 Å². The number of ketones is 1. The van der Waals surface area contributed by atoms with Crippen molar-refractivity contribution in [1.82, 2.24) is 0 Å². The lowest BCUT2D eigenvalue weighted by molar-refractivity contribution is -0.134. The van der Waals surface area contributed by atoms with Crippen LogP contribution in [0, 0.1) is 52.8 Å². The van der Waals surface area contributed by atoms with Crippen LogP contribution in [0.5, 0.6) is 0 Å². The highest BCUT2D eigenvalue weighted by molar-refractivity contribution is 6.02. The summed E-state index contributed by atoms with van der Waals surface area (Å²) in [4.78, 5) is 18.5. The molecule has 10 atom stereocenters. The summed E-state index contributed by atoms with van der Waals surface area (Å²) >= 11 is 0. The van der Waals surface area contributed by atoms with E-state index in [1.54, 1.807) is 6.20 Å². The van der Waals surface area contributed by atoms with Crippen LogP contribution >= 0.6 is 0 Å². The highest BCUT2D eigenvalue weighted by atomic mass is 16.3. The number of fused-ring (bicyclic) bond motifs is 7. The third-order valence-electron chi connectivity index (χ3n) is 11.5. The quantitative estimate of drug-likeness (QED) is 0.611. The van der Waals surface area contributed by atoms with E-state index >= 15 is 0 Å². The van der Waals surface area contributed by atoms with Crippen LogP contribution in [0.25, 0.3) is 0 Å². The molecule has 6 aliphatic carbocycles. The average Bonchev–Trinajstić information content (AvgIpc) is 3.50. The van der Waals surface area contributed by atoms with Crippen LogP contribution in [0.2, 0.25) is 0 Å². The van der Waals surface area contributed by atoms with Crippen LogP contribution in [0.1, 0.15) is 90.9 Å². The highest BCUT2D eigenvalue weighted by Gasteiger charge is 2.70. The molecule has 0 unspecified atom stereocenters. The maximum Gasteiger partial charge on any atom is 0.158 e. The van der Waals surface area contributed by atoms with Gasteiger partial charge in [-0.05, 0) is 143 Å². The minimum atomic E-state index is -0.442. The molecule has 0 aromatic heterocycles. The standard InChI is InChI=1S/C29H44N2O2/c1-28(33)11-9-19-17(14-28)7-8-21-20(19)10-12-29(2)26(21)22-13-23(22)27(29)25(32)16-31-24-6-4-3-5-18(24)15-30/h15,17,19-23,26-27,33H,3-14,16,30H2,1-2H3/t17-,19+,20-,21-,22-,23+,26-,27-,28-,29+/m1/s1. The molecule has 4 nitrogen and oxygen atoms in total. The van der Waals surface area contributed by atoms with Crippen LogP contribution in [0.3, 0.4) is 0 Å². The topological polar surface area (TPSA) is 75.7 Å². The molecule has 33 heavy (non-hydrogen) atoms. The van der Waals surface area contributed by atoms with E-state index in [0.29, 0.717) is 18.2 Å². The maximum atomic E-state index is 13.7. The van der Waals surface area contributed by atoms with Crippen molar-refractivity contribution in [3.63, 3.8) is 0 Å².